The zero-order chi connectivity index (χ0) is 30.2. The lowest BCUT2D eigenvalue weighted by atomic mass is 10.1. The van der Waals surface area contributed by atoms with Crippen LogP contribution in [0.25, 0.3) is 0 Å². The normalized spacial score (nSPS) is 15.0. The number of ether oxygens (including phenoxy) is 2. The van der Waals surface area contributed by atoms with Crippen molar-refractivity contribution in [2.45, 2.75) is 88.7 Å². The van der Waals surface area contributed by atoms with Crippen LogP contribution in [0.5, 0.6) is 5.75 Å². The highest BCUT2D eigenvalue weighted by atomic mass is 32.2. The third kappa shape index (κ3) is 11.4. The molecule has 234 valence electrons. The predicted octanol–water partition coefficient (Wildman–Crippen LogP) is 4.50. The van der Waals surface area contributed by atoms with Gasteiger partial charge in [-0.25, -0.2) is 8.42 Å². The lowest BCUT2D eigenvalue weighted by Crippen LogP contribution is -2.35. The highest BCUT2D eigenvalue weighted by Gasteiger charge is 2.25. The molecule has 9 nitrogen and oxygen atoms in total. The van der Waals surface area contributed by atoms with E-state index in [2.05, 4.69) is 5.32 Å². The van der Waals surface area contributed by atoms with Gasteiger partial charge in [0, 0.05) is 45.3 Å². The van der Waals surface area contributed by atoms with E-state index in [4.69, 9.17) is 9.47 Å². The number of carbonyl (C=O) groups excluding carboxylic acids is 1. The van der Waals surface area contributed by atoms with Gasteiger partial charge in [0.1, 0.15) is 5.75 Å². The van der Waals surface area contributed by atoms with E-state index in [0.717, 1.165) is 82.9 Å². The molecule has 42 heavy (non-hydrogen) atoms. The van der Waals surface area contributed by atoms with Crippen LogP contribution in [0.15, 0.2) is 47.4 Å². The smallest absolute Gasteiger partial charge is 0.308 e. The standard InChI is InChI=1S/C32H48N2O7S/c1-26(36)41-32-16-15-28(23-29(32)25-35)31(37)24-33-17-6-2-3-9-20-40-21-10-5-12-27-13-11-14-30(22-27)42(38,39)34-18-7-4-8-19-34/h11,13-16,22-23,31,33,35,37H,2-10,12,17-21,24-25H2,1H3. The van der Waals surface area contributed by atoms with E-state index < -0.39 is 22.1 Å². The molecule has 1 unspecified atom stereocenters. The summed E-state index contributed by atoms with van der Waals surface area (Å²) in [6.07, 6.45) is 9.19. The zero-order valence-electron chi connectivity index (χ0n) is 24.9. The molecule has 1 saturated heterocycles. The lowest BCUT2D eigenvalue weighted by Gasteiger charge is -2.26. The van der Waals surface area contributed by atoms with E-state index in [9.17, 15) is 23.4 Å². The quantitative estimate of drug-likeness (QED) is 0.122. The fraction of sp³-hybridized carbons (Fsp3) is 0.594. The van der Waals surface area contributed by atoms with E-state index in [1.54, 1.807) is 28.6 Å². The molecule has 0 spiro atoms. The highest BCUT2D eigenvalue weighted by molar-refractivity contribution is 7.89. The number of carbonyl (C=O) groups is 1. The summed E-state index contributed by atoms with van der Waals surface area (Å²) in [7, 11) is -3.39. The number of sulfonamides is 1. The molecule has 0 aliphatic carbocycles. The van der Waals surface area contributed by atoms with Gasteiger partial charge < -0.3 is 25.0 Å². The van der Waals surface area contributed by atoms with Crippen molar-refractivity contribution in [3.8, 4) is 5.75 Å². The van der Waals surface area contributed by atoms with Crippen molar-refractivity contribution in [2.24, 2.45) is 0 Å². The van der Waals surface area contributed by atoms with Crippen LogP contribution in [0.1, 0.15) is 87.5 Å². The summed E-state index contributed by atoms with van der Waals surface area (Å²) >= 11 is 0. The third-order valence-corrected chi connectivity index (χ3v) is 9.37. The van der Waals surface area contributed by atoms with Crippen molar-refractivity contribution >= 4 is 16.0 Å². The molecular weight excluding hydrogens is 556 g/mol. The van der Waals surface area contributed by atoms with Gasteiger partial charge in [-0.1, -0.05) is 37.5 Å². The van der Waals surface area contributed by atoms with Crippen LogP contribution in [0.4, 0.5) is 0 Å². The van der Waals surface area contributed by atoms with Crippen molar-refractivity contribution in [1.29, 1.82) is 0 Å². The van der Waals surface area contributed by atoms with Gasteiger partial charge in [0.15, 0.2) is 0 Å². The van der Waals surface area contributed by atoms with E-state index >= 15 is 0 Å². The molecule has 3 rings (SSSR count). The van der Waals surface area contributed by atoms with Crippen molar-refractivity contribution in [2.75, 3.05) is 39.4 Å². The van der Waals surface area contributed by atoms with Crippen LogP contribution in [0.2, 0.25) is 0 Å². The van der Waals surface area contributed by atoms with Crippen molar-refractivity contribution < 1.29 is 32.9 Å². The Kier molecular flexibility index (Phi) is 14.9. The number of hydrogen-bond donors (Lipinski definition) is 3. The Hall–Kier alpha value is -2.34. The van der Waals surface area contributed by atoms with Crippen molar-refractivity contribution in [3.63, 3.8) is 0 Å². The topological polar surface area (TPSA) is 125 Å². The maximum Gasteiger partial charge on any atom is 0.308 e. The average molecular weight is 605 g/mol. The van der Waals surface area contributed by atoms with E-state index in [-0.39, 0.29) is 6.61 Å². The number of unbranched alkanes of at least 4 members (excludes halogenated alkanes) is 4. The zero-order valence-corrected chi connectivity index (χ0v) is 25.7. The van der Waals surface area contributed by atoms with Gasteiger partial charge in [0.25, 0.3) is 0 Å². The molecule has 0 amide bonds. The highest BCUT2D eigenvalue weighted by Crippen LogP contribution is 2.24. The monoisotopic (exact) mass is 604 g/mol. The van der Waals surface area contributed by atoms with Crippen LogP contribution in [0.3, 0.4) is 0 Å². The fourth-order valence-electron chi connectivity index (χ4n) is 5.10. The number of nitrogens with one attached hydrogen (secondary N) is 1. The van der Waals surface area contributed by atoms with Crippen LogP contribution < -0.4 is 10.1 Å². The Labute approximate surface area is 251 Å². The molecule has 3 N–H and O–H groups in total. The Morgan fingerprint density at radius 3 is 2.45 bits per heavy atom. The van der Waals surface area contributed by atoms with Crippen LogP contribution in [-0.4, -0.2) is 68.3 Å². The molecule has 0 radical (unpaired) electrons. The maximum atomic E-state index is 12.9. The molecular formula is C32H48N2O7S. The molecule has 0 bridgehead atoms. The second-order valence-electron chi connectivity index (χ2n) is 10.9. The number of aliphatic hydroxyl groups is 2. The van der Waals surface area contributed by atoms with Gasteiger partial charge in [-0.2, -0.15) is 4.31 Å². The molecule has 1 fully saturated rings. The minimum Gasteiger partial charge on any atom is -0.426 e. The van der Waals surface area contributed by atoms with Crippen molar-refractivity contribution in [3.05, 3.63) is 59.2 Å². The molecule has 0 saturated carbocycles. The largest absolute Gasteiger partial charge is 0.426 e. The molecule has 2 aromatic rings. The molecule has 0 aromatic heterocycles. The summed E-state index contributed by atoms with van der Waals surface area (Å²) in [5, 5.41) is 23.2. The van der Waals surface area contributed by atoms with Gasteiger partial charge >= 0.3 is 5.97 Å². The summed E-state index contributed by atoms with van der Waals surface area (Å²) in [5.41, 5.74) is 2.19. The van der Waals surface area contributed by atoms with Crippen LogP contribution >= 0.6 is 0 Å². The Bertz CT molecular complexity index is 1200. The predicted molar refractivity (Wildman–Crippen MR) is 163 cm³/mol. The summed E-state index contributed by atoms with van der Waals surface area (Å²) in [4.78, 5) is 11.6. The van der Waals surface area contributed by atoms with Gasteiger partial charge in [-0.05, 0) is 86.9 Å². The summed E-state index contributed by atoms with van der Waals surface area (Å²) in [5.74, 6) is -0.147. The Balaban J connectivity index is 1.19. The first-order chi connectivity index (χ1) is 20.3. The summed E-state index contributed by atoms with van der Waals surface area (Å²) < 4.78 is 38.3. The van der Waals surface area contributed by atoms with Crippen molar-refractivity contribution in [1.82, 2.24) is 9.62 Å². The molecule has 1 heterocycles. The number of nitrogens with zero attached hydrogens (tertiary/aromatic N) is 1. The average Bonchev–Trinajstić information content (AvgIpc) is 2.99. The summed E-state index contributed by atoms with van der Waals surface area (Å²) in [6, 6.07) is 12.3. The van der Waals surface area contributed by atoms with Gasteiger partial charge in [0.2, 0.25) is 10.0 Å². The van der Waals surface area contributed by atoms with Gasteiger partial charge in [0.05, 0.1) is 17.6 Å². The van der Waals surface area contributed by atoms with E-state index in [0.29, 0.717) is 48.0 Å². The van der Waals surface area contributed by atoms with E-state index in [1.807, 2.05) is 18.2 Å². The number of aryl methyl sites for hydroxylation is 1. The Morgan fingerprint density at radius 1 is 0.976 bits per heavy atom. The SMILES string of the molecule is CC(=O)Oc1ccc(C(O)CNCCCCCCOCCCCc2cccc(S(=O)(=O)N3CCCCC3)c2)cc1CO. The number of piperidine rings is 1. The van der Waals surface area contributed by atoms with Crippen LogP contribution in [0, 0.1) is 0 Å². The number of esters is 1. The lowest BCUT2D eigenvalue weighted by molar-refractivity contribution is -0.131. The van der Waals surface area contributed by atoms with Gasteiger partial charge in [-0.3, -0.25) is 4.79 Å². The second kappa shape index (κ2) is 18.4. The number of hydrogen-bond acceptors (Lipinski definition) is 8. The maximum absolute atomic E-state index is 12.9. The first kappa shape index (κ1) is 34.2. The second-order valence-corrected chi connectivity index (χ2v) is 12.9. The number of benzene rings is 2. The van der Waals surface area contributed by atoms with E-state index in [1.165, 1.54) is 6.92 Å². The molecule has 2 aromatic carbocycles. The molecule has 10 heteroatoms. The fourth-order valence-corrected chi connectivity index (χ4v) is 6.69. The molecule has 1 atom stereocenters. The minimum atomic E-state index is -3.39. The Morgan fingerprint density at radius 2 is 1.71 bits per heavy atom. The molecule has 1 aliphatic rings. The number of rotatable bonds is 19. The first-order valence-corrected chi connectivity index (χ1v) is 16.7. The first-order valence-electron chi connectivity index (χ1n) is 15.3. The minimum absolute atomic E-state index is 0.276. The van der Waals surface area contributed by atoms with Crippen LogP contribution in [-0.2, 0) is 32.6 Å². The third-order valence-electron chi connectivity index (χ3n) is 7.48. The van der Waals surface area contributed by atoms with Gasteiger partial charge in [-0.15, -0.1) is 0 Å². The molecule has 1 aliphatic heterocycles. The summed E-state index contributed by atoms with van der Waals surface area (Å²) in [6.45, 7) is 4.93. The number of aliphatic hydroxyl groups excluding tert-OH is 2.